The molecule has 3 heteroatoms. The zero-order valence-corrected chi connectivity index (χ0v) is 13.8. The number of piperazine rings is 1. The van der Waals surface area contributed by atoms with Crippen LogP contribution in [0.3, 0.4) is 0 Å². The van der Waals surface area contributed by atoms with E-state index in [9.17, 15) is 0 Å². The summed E-state index contributed by atoms with van der Waals surface area (Å²) in [5, 5.41) is 5.88. The number of nitrogens with zero attached hydrogens (tertiary/aromatic N) is 1. The largest absolute Gasteiger partial charge is 0.309 e. The van der Waals surface area contributed by atoms with Gasteiger partial charge in [-0.25, -0.2) is 0 Å². The Kier molecular flexibility index (Phi) is 4.38. The molecule has 0 aliphatic carbocycles. The maximum Gasteiger partial charge on any atom is 0.0270 e. The quantitative estimate of drug-likeness (QED) is 0.913. The van der Waals surface area contributed by atoms with Crippen molar-refractivity contribution in [3.63, 3.8) is 0 Å². The highest BCUT2D eigenvalue weighted by atomic mass is 32.1. The van der Waals surface area contributed by atoms with E-state index in [1.54, 1.807) is 0 Å². The van der Waals surface area contributed by atoms with Gasteiger partial charge in [-0.15, -0.1) is 11.3 Å². The molecule has 108 valence electrons. The third-order valence-electron chi connectivity index (χ3n) is 4.04. The lowest BCUT2D eigenvalue weighted by Gasteiger charge is -2.49. The minimum absolute atomic E-state index is 0.233. The molecule has 1 unspecified atom stereocenters. The molecule has 1 aliphatic rings. The number of rotatable bonds is 3. The van der Waals surface area contributed by atoms with Gasteiger partial charge >= 0.3 is 0 Å². The van der Waals surface area contributed by atoms with Crippen molar-refractivity contribution in [2.75, 3.05) is 19.6 Å². The van der Waals surface area contributed by atoms with Crippen LogP contribution in [0.1, 0.15) is 39.5 Å². The molecule has 1 aromatic heterocycles. The highest BCUT2D eigenvalue weighted by Crippen LogP contribution is 2.29. The van der Waals surface area contributed by atoms with Crippen molar-refractivity contribution in [1.82, 2.24) is 10.2 Å². The van der Waals surface area contributed by atoms with Crippen molar-refractivity contribution in [1.29, 1.82) is 0 Å². The number of nitrogens with one attached hydrogen (secondary N) is 1. The van der Waals surface area contributed by atoms with Gasteiger partial charge in [-0.05, 0) is 37.1 Å². The molecule has 0 bridgehead atoms. The van der Waals surface area contributed by atoms with Gasteiger partial charge < -0.3 is 5.32 Å². The third-order valence-corrected chi connectivity index (χ3v) is 4.97. The number of thiophene rings is 1. The van der Waals surface area contributed by atoms with E-state index in [0.29, 0.717) is 11.5 Å². The lowest BCUT2D eigenvalue weighted by Crippen LogP contribution is -2.64. The average molecular weight is 280 g/mol. The molecule has 1 fully saturated rings. The molecule has 2 heterocycles. The maximum absolute atomic E-state index is 3.70. The lowest BCUT2D eigenvalue weighted by molar-refractivity contribution is 0.0343. The van der Waals surface area contributed by atoms with Gasteiger partial charge in [0, 0.05) is 36.1 Å². The van der Waals surface area contributed by atoms with Gasteiger partial charge in [-0.3, -0.25) is 4.90 Å². The molecular formula is C16H28N2S. The molecule has 0 aromatic carbocycles. The monoisotopic (exact) mass is 280 g/mol. The van der Waals surface area contributed by atoms with Crippen LogP contribution in [-0.2, 0) is 6.42 Å². The molecule has 0 saturated carbocycles. The molecule has 2 rings (SSSR count). The number of hydrogen-bond acceptors (Lipinski definition) is 3. The Bertz CT molecular complexity index is 389. The van der Waals surface area contributed by atoms with E-state index >= 15 is 0 Å². The van der Waals surface area contributed by atoms with Gasteiger partial charge in [-0.1, -0.05) is 26.8 Å². The summed E-state index contributed by atoms with van der Waals surface area (Å²) in [6.07, 6.45) is 1.18. The topological polar surface area (TPSA) is 15.3 Å². The van der Waals surface area contributed by atoms with Crippen LogP contribution in [0.5, 0.6) is 0 Å². The summed E-state index contributed by atoms with van der Waals surface area (Å²) < 4.78 is 0. The standard InChI is InChI=1S/C16H28N2S/c1-15(2,3)14-11-17-16(4,5)12-18(14)9-8-13-7-6-10-19-13/h6-7,10,14,17H,8-9,11-12H2,1-5H3. The van der Waals surface area contributed by atoms with Crippen LogP contribution in [0.2, 0.25) is 0 Å². The first kappa shape index (κ1) is 15.0. The van der Waals surface area contributed by atoms with Crippen molar-refractivity contribution in [3.8, 4) is 0 Å². The van der Waals surface area contributed by atoms with Gasteiger partial charge in [0.25, 0.3) is 0 Å². The second kappa shape index (κ2) is 5.55. The van der Waals surface area contributed by atoms with Crippen molar-refractivity contribution in [3.05, 3.63) is 22.4 Å². The Morgan fingerprint density at radius 3 is 2.74 bits per heavy atom. The normalized spacial score (nSPS) is 24.6. The van der Waals surface area contributed by atoms with E-state index < -0.39 is 0 Å². The molecule has 1 aromatic rings. The summed E-state index contributed by atoms with van der Waals surface area (Å²) >= 11 is 1.88. The Morgan fingerprint density at radius 2 is 2.16 bits per heavy atom. The number of hydrogen-bond donors (Lipinski definition) is 1. The average Bonchev–Trinajstić information content (AvgIpc) is 2.76. The Balaban J connectivity index is 2.03. The van der Waals surface area contributed by atoms with E-state index in [2.05, 4.69) is 62.3 Å². The second-order valence-corrected chi connectivity index (χ2v) is 8.48. The molecular weight excluding hydrogens is 252 g/mol. The molecule has 0 radical (unpaired) electrons. The fourth-order valence-corrected chi connectivity index (χ4v) is 3.67. The summed E-state index contributed by atoms with van der Waals surface area (Å²) in [6, 6.07) is 5.04. The smallest absolute Gasteiger partial charge is 0.0270 e. The van der Waals surface area contributed by atoms with Gasteiger partial charge in [0.1, 0.15) is 0 Å². The van der Waals surface area contributed by atoms with Gasteiger partial charge in [-0.2, -0.15) is 0 Å². The first-order valence-electron chi connectivity index (χ1n) is 7.29. The van der Waals surface area contributed by atoms with Gasteiger partial charge in [0.15, 0.2) is 0 Å². The molecule has 2 nitrogen and oxygen atoms in total. The molecule has 0 amide bonds. The second-order valence-electron chi connectivity index (χ2n) is 7.45. The molecule has 0 spiro atoms. The fourth-order valence-electron chi connectivity index (χ4n) is 2.97. The molecule has 1 N–H and O–H groups in total. The van der Waals surface area contributed by atoms with Crippen molar-refractivity contribution in [2.24, 2.45) is 5.41 Å². The lowest BCUT2D eigenvalue weighted by atomic mass is 9.82. The molecule has 1 atom stereocenters. The van der Waals surface area contributed by atoms with Crippen LogP contribution >= 0.6 is 11.3 Å². The van der Waals surface area contributed by atoms with E-state index in [-0.39, 0.29) is 5.54 Å². The van der Waals surface area contributed by atoms with Crippen molar-refractivity contribution >= 4 is 11.3 Å². The summed E-state index contributed by atoms with van der Waals surface area (Å²) in [4.78, 5) is 4.19. The van der Waals surface area contributed by atoms with Crippen LogP contribution in [-0.4, -0.2) is 36.1 Å². The van der Waals surface area contributed by atoms with Crippen LogP contribution in [0, 0.1) is 5.41 Å². The maximum atomic E-state index is 3.70. The van der Waals surface area contributed by atoms with Crippen molar-refractivity contribution in [2.45, 2.75) is 52.6 Å². The summed E-state index contributed by atoms with van der Waals surface area (Å²) in [5.41, 5.74) is 0.566. The predicted molar refractivity (Wildman–Crippen MR) is 84.9 cm³/mol. The fraction of sp³-hybridized carbons (Fsp3) is 0.750. The zero-order chi connectivity index (χ0) is 14.1. The Labute approximate surface area is 122 Å². The van der Waals surface area contributed by atoms with Crippen LogP contribution in [0.15, 0.2) is 17.5 Å². The minimum atomic E-state index is 0.233. The van der Waals surface area contributed by atoms with E-state index in [1.165, 1.54) is 17.8 Å². The highest BCUT2D eigenvalue weighted by Gasteiger charge is 2.37. The molecule has 19 heavy (non-hydrogen) atoms. The van der Waals surface area contributed by atoms with E-state index in [1.807, 2.05) is 11.3 Å². The van der Waals surface area contributed by atoms with Crippen LogP contribution < -0.4 is 5.32 Å². The molecule has 1 saturated heterocycles. The zero-order valence-electron chi connectivity index (χ0n) is 13.0. The van der Waals surface area contributed by atoms with Crippen LogP contribution in [0.25, 0.3) is 0 Å². The first-order chi connectivity index (χ1) is 8.78. The van der Waals surface area contributed by atoms with E-state index in [0.717, 1.165) is 13.1 Å². The van der Waals surface area contributed by atoms with Crippen molar-refractivity contribution < 1.29 is 0 Å². The highest BCUT2D eigenvalue weighted by molar-refractivity contribution is 7.09. The minimum Gasteiger partial charge on any atom is -0.309 e. The Hall–Kier alpha value is -0.380. The van der Waals surface area contributed by atoms with Gasteiger partial charge in [0.2, 0.25) is 0 Å². The first-order valence-corrected chi connectivity index (χ1v) is 8.17. The summed E-state index contributed by atoms with van der Waals surface area (Å²) in [5.74, 6) is 0. The van der Waals surface area contributed by atoms with Gasteiger partial charge in [0.05, 0.1) is 0 Å². The third kappa shape index (κ3) is 4.04. The Morgan fingerprint density at radius 1 is 1.42 bits per heavy atom. The van der Waals surface area contributed by atoms with Crippen LogP contribution in [0.4, 0.5) is 0 Å². The molecule has 1 aliphatic heterocycles. The van der Waals surface area contributed by atoms with E-state index in [4.69, 9.17) is 0 Å². The summed E-state index contributed by atoms with van der Waals surface area (Å²) in [6.45, 7) is 15.1. The predicted octanol–water partition coefficient (Wildman–Crippen LogP) is 3.39. The summed E-state index contributed by atoms with van der Waals surface area (Å²) in [7, 11) is 0. The SMILES string of the molecule is CC1(C)CN(CCc2cccs2)C(C(C)(C)C)CN1.